The third kappa shape index (κ3) is 3.41. The zero-order valence-corrected chi connectivity index (χ0v) is 14.5. The molecule has 0 radical (unpaired) electrons. The van der Waals surface area contributed by atoms with E-state index in [1.165, 1.54) is 5.56 Å². The number of hydrogen-bond acceptors (Lipinski definition) is 4. The Morgan fingerprint density at radius 2 is 1.77 bits per heavy atom. The van der Waals surface area contributed by atoms with Crippen molar-refractivity contribution in [3.8, 4) is 0 Å². The summed E-state index contributed by atoms with van der Waals surface area (Å²) in [5.41, 5.74) is 3.07. The summed E-state index contributed by atoms with van der Waals surface area (Å²) in [6.07, 6.45) is 0.576. The zero-order chi connectivity index (χ0) is 17.9. The molecule has 6 heteroatoms. The molecule has 1 aromatic heterocycles. The topological polar surface area (TPSA) is 73.2 Å². The lowest BCUT2D eigenvalue weighted by atomic mass is 10.0. The zero-order valence-electron chi connectivity index (χ0n) is 14.5. The lowest BCUT2D eigenvalue weighted by Gasteiger charge is -2.33. The number of aromatic nitrogens is 2. The van der Waals surface area contributed by atoms with Gasteiger partial charge in [0.2, 0.25) is 5.95 Å². The number of likely N-dealkylation sites (tertiary alicyclic amines) is 1. The lowest BCUT2D eigenvalue weighted by molar-refractivity contribution is -0.242. The Hall–Kier alpha value is -2.86. The quantitative estimate of drug-likeness (QED) is 0.786. The average molecular weight is 349 g/mol. The average Bonchev–Trinajstić information content (AvgIpc) is 3.00. The van der Waals surface area contributed by atoms with Crippen molar-refractivity contribution >= 4 is 23.1 Å². The maximum atomic E-state index is 11.1. The number of rotatable bonds is 4. The van der Waals surface area contributed by atoms with Crippen molar-refractivity contribution in [2.45, 2.75) is 25.4 Å². The van der Waals surface area contributed by atoms with E-state index in [0.29, 0.717) is 5.95 Å². The first-order valence-corrected chi connectivity index (χ1v) is 8.92. The summed E-state index contributed by atoms with van der Waals surface area (Å²) in [7, 11) is 0. The number of fused-ring (bicyclic) bond motifs is 1. The van der Waals surface area contributed by atoms with Crippen LogP contribution in [-0.4, -0.2) is 33.6 Å². The lowest BCUT2D eigenvalue weighted by Crippen LogP contribution is -2.35. The molecule has 1 aliphatic rings. The molecule has 0 spiro atoms. The molecule has 1 aliphatic heterocycles. The van der Waals surface area contributed by atoms with E-state index in [1.807, 2.05) is 34.9 Å². The van der Waals surface area contributed by atoms with Crippen LogP contribution in [0, 0.1) is 0 Å². The van der Waals surface area contributed by atoms with Gasteiger partial charge in [0.1, 0.15) is 6.09 Å². The molecule has 0 aliphatic carbocycles. The van der Waals surface area contributed by atoms with E-state index < -0.39 is 6.09 Å². The number of carbonyl (C=O) groups is 1. The van der Waals surface area contributed by atoms with Gasteiger partial charge in [-0.3, -0.25) is 4.90 Å². The van der Waals surface area contributed by atoms with Crippen molar-refractivity contribution in [3.05, 3.63) is 60.2 Å². The number of benzene rings is 2. The van der Waals surface area contributed by atoms with Crippen molar-refractivity contribution in [1.82, 2.24) is 14.5 Å². The number of nitrogens with one attached hydrogen (secondary N) is 1. The molecule has 2 aromatic carbocycles. The molecular formula is C20H21N4O2-. The highest BCUT2D eigenvalue weighted by Gasteiger charge is 2.24. The number of piperidine rings is 1. The monoisotopic (exact) mass is 349 g/mol. The number of hydrogen-bond donors (Lipinski definition) is 1. The molecule has 2 heterocycles. The van der Waals surface area contributed by atoms with E-state index in [-0.39, 0.29) is 6.04 Å². The summed E-state index contributed by atoms with van der Waals surface area (Å²) in [5, 5.41) is 13.4. The summed E-state index contributed by atoms with van der Waals surface area (Å²) in [6, 6.07) is 18.4. The van der Waals surface area contributed by atoms with Gasteiger partial charge < -0.3 is 19.8 Å². The molecule has 6 nitrogen and oxygen atoms in total. The second-order valence-electron chi connectivity index (χ2n) is 6.70. The van der Waals surface area contributed by atoms with E-state index in [2.05, 4.69) is 39.5 Å². The van der Waals surface area contributed by atoms with E-state index in [9.17, 15) is 9.90 Å². The van der Waals surface area contributed by atoms with Gasteiger partial charge in [-0.15, -0.1) is 0 Å². The molecular weight excluding hydrogens is 328 g/mol. The van der Waals surface area contributed by atoms with Crippen molar-refractivity contribution in [2.75, 3.05) is 18.4 Å². The number of nitrogens with zero attached hydrogens (tertiary/aromatic N) is 3. The van der Waals surface area contributed by atoms with E-state index in [1.54, 1.807) is 0 Å². The highest BCUT2D eigenvalue weighted by atomic mass is 16.4. The Balaban J connectivity index is 1.52. The Morgan fingerprint density at radius 1 is 1.08 bits per heavy atom. The SMILES string of the molecule is O=C([O-])Nc1nc2ccccc2n1C1CCN(Cc2ccccc2)CC1. The van der Waals surface area contributed by atoms with Crippen LogP contribution in [0.25, 0.3) is 11.0 Å². The molecule has 0 atom stereocenters. The van der Waals surface area contributed by atoms with Crippen LogP contribution in [-0.2, 0) is 6.54 Å². The van der Waals surface area contributed by atoms with Gasteiger partial charge in [0.15, 0.2) is 0 Å². The minimum absolute atomic E-state index is 0.219. The van der Waals surface area contributed by atoms with Gasteiger partial charge in [0.25, 0.3) is 0 Å². The fourth-order valence-electron chi connectivity index (χ4n) is 3.77. The molecule has 26 heavy (non-hydrogen) atoms. The molecule has 1 amide bonds. The van der Waals surface area contributed by atoms with Crippen LogP contribution in [0.1, 0.15) is 24.4 Å². The summed E-state index contributed by atoms with van der Waals surface area (Å²) < 4.78 is 2.02. The minimum atomic E-state index is -1.33. The van der Waals surface area contributed by atoms with Crippen LogP contribution in [0.5, 0.6) is 0 Å². The molecule has 1 saturated heterocycles. The Kier molecular flexibility index (Phi) is 4.58. The van der Waals surface area contributed by atoms with E-state index in [4.69, 9.17) is 0 Å². The molecule has 0 bridgehead atoms. The predicted octanol–water partition coefficient (Wildman–Crippen LogP) is 2.63. The van der Waals surface area contributed by atoms with Gasteiger partial charge in [-0.25, -0.2) is 4.98 Å². The van der Waals surface area contributed by atoms with Gasteiger partial charge in [-0.1, -0.05) is 42.5 Å². The summed E-state index contributed by atoms with van der Waals surface area (Å²) in [5.74, 6) is 0.354. The second kappa shape index (κ2) is 7.17. The van der Waals surface area contributed by atoms with Crippen LogP contribution in [0.2, 0.25) is 0 Å². The molecule has 0 unspecified atom stereocenters. The second-order valence-corrected chi connectivity index (χ2v) is 6.70. The normalized spacial score (nSPS) is 16.0. The Bertz CT molecular complexity index is 899. The smallest absolute Gasteiger partial charge is 0.209 e. The standard InChI is InChI=1S/C20H22N4O2/c25-20(26)22-19-21-17-8-4-5-9-18(17)24(19)16-10-12-23(13-11-16)14-15-6-2-1-3-7-15/h1-9,16H,10-14H2,(H,21,22)(H,25,26)/p-1. The summed E-state index contributed by atoms with van der Waals surface area (Å²) in [4.78, 5) is 17.9. The van der Waals surface area contributed by atoms with Crippen molar-refractivity contribution in [2.24, 2.45) is 0 Å². The number of amides is 1. The van der Waals surface area contributed by atoms with Gasteiger partial charge >= 0.3 is 0 Å². The third-order valence-corrected chi connectivity index (χ3v) is 4.98. The maximum absolute atomic E-state index is 11.1. The third-order valence-electron chi connectivity index (χ3n) is 4.98. The van der Waals surface area contributed by atoms with Gasteiger partial charge in [-0.05, 0) is 30.5 Å². The van der Waals surface area contributed by atoms with E-state index >= 15 is 0 Å². The van der Waals surface area contributed by atoms with Crippen LogP contribution in [0.3, 0.4) is 0 Å². The largest absolute Gasteiger partial charge is 0.530 e. The number of anilines is 1. The fraction of sp³-hybridized carbons (Fsp3) is 0.300. The summed E-state index contributed by atoms with van der Waals surface area (Å²) in [6.45, 7) is 2.88. The Labute approximate surface area is 152 Å². The highest BCUT2D eigenvalue weighted by Crippen LogP contribution is 2.31. The van der Waals surface area contributed by atoms with Gasteiger partial charge in [0.05, 0.1) is 11.0 Å². The van der Waals surface area contributed by atoms with Crippen LogP contribution in [0.15, 0.2) is 54.6 Å². The van der Waals surface area contributed by atoms with E-state index in [0.717, 1.165) is 43.5 Å². The first kappa shape index (κ1) is 16.6. The Morgan fingerprint density at radius 3 is 2.50 bits per heavy atom. The molecule has 1 fully saturated rings. The number of para-hydroxylation sites is 2. The first-order valence-electron chi connectivity index (χ1n) is 8.92. The maximum Gasteiger partial charge on any atom is 0.209 e. The molecule has 4 rings (SSSR count). The molecule has 1 N–H and O–H groups in total. The first-order chi connectivity index (χ1) is 12.7. The molecule has 3 aromatic rings. The minimum Gasteiger partial charge on any atom is -0.530 e. The number of carbonyl (C=O) groups excluding carboxylic acids is 1. The van der Waals surface area contributed by atoms with Crippen LogP contribution < -0.4 is 10.4 Å². The number of carboxylic acid groups (broad SMARTS) is 1. The van der Waals surface area contributed by atoms with Gasteiger partial charge in [-0.2, -0.15) is 0 Å². The molecule has 134 valence electrons. The fourth-order valence-corrected chi connectivity index (χ4v) is 3.77. The van der Waals surface area contributed by atoms with Crippen molar-refractivity contribution in [3.63, 3.8) is 0 Å². The van der Waals surface area contributed by atoms with Crippen molar-refractivity contribution < 1.29 is 9.90 Å². The predicted molar refractivity (Wildman–Crippen MR) is 98.7 cm³/mol. The highest BCUT2D eigenvalue weighted by molar-refractivity contribution is 5.85. The summed E-state index contributed by atoms with van der Waals surface area (Å²) >= 11 is 0. The van der Waals surface area contributed by atoms with Crippen molar-refractivity contribution in [1.29, 1.82) is 0 Å². The van der Waals surface area contributed by atoms with Crippen LogP contribution >= 0.6 is 0 Å². The number of imidazole rings is 1. The van der Waals surface area contributed by atoms with Crippen LogP contribution in [0.4, 0.5) is 10.7 Å². The molecule has 0 saturated carbocycles. The van der Waals surface area contributed by atoms with Gasteiger partial charge in [0, 0.05) is 25.7 Å².